The summed E-state index contributed by atoms with van der Waals surface area (Å²) in [5, 5.41) is 0. The molecular weight excluding hydrogens is 458 g/mol. The Bertz CT molecular complexity index is 1180. The second-order valence-corrected chi connectivity index (χ2v) is 9.60. The Labute approximate surface area is 201 Å². The summed E-state index contributed by atoms with van der Waals surface area (Å²) in [6.45, 7) is 1.81. The lowest BCUT2D eigenvalue weighted by Gasteiger charge is -2.33. The third-order valence-electron chi connectivity index (χ3n) is 5.27. The average molecular weight is 482 g/mol. The standard InChI is InChI=1S/C24H24ClN5O2S/c1-28(2)24-26-12-11-20(27-24)18-7-5-17(6-8-18)16-30-15-14-29(22(31)23(30)32)13-3-4-19-9-10-21(25)33-19/h3-12H,13-16H2,1-2H3/b4-3+. The predicted molar refractivity (Wildman–Crippen MR) is 132 cm³/mol. The number of carbonyl (C=O) groups excluding carboxylic acids is 2. The number of amides is 2. The van der Waals surface area contributed by atoms with E-state index in [2.05, 4.69) is 9.97 Å². The number of aromatic nitrogens is 2. The van der Waals surface area contributed by atoms with E-state index in [4.69, 9.17) is 11.6 Å². The Morgan fingerprint density at radius 3 is 2.45 bits per heavy atom. The first-order chi connectivity index (χ1) is 15.9. The SMILES string of the molecule is CN(C)c1nccc(-c2ccc(CN3CCN(C/C=C/c4ccc(Cl)s4)C(=O)C3=O)cc2)n1. The lowest BCUT2D eigenvalue weighted by molar-refractivity contribution is -0.156. The van der Waals surface area contributed by atoms with E-state index < -0.39 is 11.8 Å². The predicted octanol–water partition coefficient (Wildman–Crippen LogP) is 3.81. The zero-order chi connectivity index (χ0) is 23.4. The molecule has 1 aromatic carbocycles. The highest BCUT2D eigenvalue weighted by Gasteiger charge is 2.31. The van der Waals surface area contributed by atoms with Gasteiger partial charge in [-0.05, 0) is 29.8 Å². The second-order valence-electron chi connectivity index (χ2n) is 7.86. The number of thiophene rings is 1. The van der Waals surface area contributed by atoms with Crippen molar-refractivity contribution in [2.45, 2.75) is 6.54 Å². The maximum absolute atomic E-state index is 12.6. The third-order valence-corrected chi connectivity index (χ3v) is 6.46. The fourth-order valence-electron chi connectivity index (χ4n) is 3.48. The molecule has 170 valence electrons. The Kier molecular flexibility index (Phi) is 7.05. The Hall–Kier alpha value is -3.23. The molecule has 0 radical (unpaired) electrons. The number of benzene rings is 1. The van der Waals surface area contributed by atoms with E-state index in [0.29, 0.717) is 32.1 Å². The third kappa shape index (κ3) is 5.58. The van der Waals surface area contributed by atoms with Crippen LogP contribution in [0.5, 0.6) is 0 Å². The second kappa shape index (κ2) is 10.1. The van der Waals surface area contributed by atoms with Gasteiger partial charge in [0.05, 0.1) is 10.0 Å². The summed E-state index contributed by atoms with van der Waals surface area (Å²) in [7, 11) is 3.80. The van der Waals surface area contributed by atoms with Crippen LogP contribution in [0, 0.1) is 0 Å². The van der Waals surface area contributed by atoms with Crippen LogP contribution in [0.2, 0.25) is 4.34 Å². The summed E-state index contributed by atoms with van der Waals surface area (Å²) in [6, 6.07) is 13.5. The lowest BCUT2D eigenvalue weighted by Crippen LogP contribution is -2.53. The van der Waals surface area contributed by atoms with E-state index in [1.54, 1.807) is 16.0 Å². The highest BCUT2D eigenvalue weighted by molar-refractivity contribution is 7.16. The number of piperazine rings is 1. The maximum Gasteiger partial charge on any atom is 0.312 e. The van der Waals surface area contributed by atoms with Gasteiger partial charge in [0, 0.05) is 56.9 Å². The summed E-state index contributed by atoms with van der Waals surface area (Å²) < 4.78 is 0.720. The van der Waals surface area contributed by atoms with Crippen molar-refractivity contribution >= 4 is 46.8 Å². The average Bonchev–Trinajstić information content (AvgIpc) is 3.24. The normalized spacial score (nSPS) is 14.4. The fourth-order valence-corrected chi connectivity index (χ4v) is 4.47. The molecule has 1 aliphatic heterocycles. The smallest absolute Gasteiger partial charge is 0.312 e. The van der Waals surface area contributed by atoms with Gasteiger partial charge in [-0.3, -0.25) is 9.59 Å². The molecule has 0 spiro atoms. The number of rotatable bonds is 7. The number of hydrogen-bond donors (Lipinski definition) is 0. The number of nitrogens with zero attached hydrogens (tertiary/aromatic N) is 5. The van der Waals surface area contributed by atoms with Crippen LogP contribution in [0.4, 0.5) is 5.95 Å². The van der Waals surface area contributed by atoms with E-state index in [1.807, 2.05) is 73.6 Å². The van der Waals surface area contributed by atoms with Crippen molar-refractivity contribution in [3.63, 3.8) is 0 Å². The van der Waals surface area contributed by atoms with Crippen molar-refractivity contribution in [2.75, 3.05) is 38.6 Å². The number of halogens is 1. The highest BCUT2D eigenvalue weighted by atomic mass is 35.5. The molecule has 2 aromatic heterocycles. The van der Waals surface area contributed by atoms with Gasteiger partial charge in [0.1, 0.15) is 0 Å². The minimum absolute atomic E-state index is 0.398. The largest absolute Gasteiger partial charge is 0.347 e. The molecule has 3 heterocycles. The molecule has 1 fully saturated rings. The zero-order valence-corrected chi connectivity index (χ0v) is 20.0. The van der Waals surface area contributed by atoms with Crippen molar-refractivity contribution < 1.29 is 9.59 Å². The van der Waals surface area contributed by atoms with E-state index in [9.17, 15) is 9.59 Å². The quantitative estimate of drug-likeness (QED) is 0.480. The molecule has 0 atom stereocenters. The van der Waals surface area contributed by atoms with Gasteiger partial charge < -0.3 is 14.7 Å². The van der Waals surface area contributed by atoms with Gasteiger partial charge in [-0.2, -0.15) is 0 Å². The molecule has 33 heavy (non-hydrogen) atoms. The molecule has 4 rings (SSSR count). The molecule has 2 amide bonds. The fraction of sp³-hybridized carbons (Fsp3) is 0.250. The molecule has 1 aliphatic rings. The first kappa shape index (κ1) is 22.9. The first-order valence-corrected chi connectivity index (χ1v) is 11.7. The molecule has 0 N–H and O–H groups in total. The van der Waals surface area contributed by atoms with Crippen molar-refractivity contribution in [3.05, 3.63) is 69.5 Å². The molecule has 0 aliphatic carbocycles. The van der Waals surface area contributed by atoms with Crippen molar-refractivity contribution in [3.8, 4) is 11.3 Å². The van der Waals surface area contributed by atoms with Crippen LogP contribution in [0.3, 0.4) is 0 Å². The van der Waals surface area contributed by atoms with Crippen molar-refractivity contribution in [2.24, 2.45) is 0 Å². The summed E-state index contributed by atoms with van der Waals surface area (Å²) in [5.41, 5.74) is 2.76. The van der Waals surface area contributed by atoms with E-state index in [0.717, 1.165) is 26.0 Å². The summed E-state index contributed by atoms with van der Waals surface area (Å²) in [4.78, 5) is 40.0. The number of anilines is 1. The number of carbonyl (C=O) groups is 2. The summed E-state index contributed by atoms with van der Waals surface area (Å²) in [5.74, 6) is -0.291. The monoisotopic (exact) mass is 481 g/mol. The van der Waals surface area contributed by atoms with E-state index in [-0.39, 0.29) is 0 Å². The minimum Gasteiger partial charge on any atom is -0.347 e. The van der Waals surface area contributed by atoms with Gasteiger partial charge in [0.25, 0.3) is 0 Å². The van der Waals surface area contributed by atoms with Crippen LogP contribution in [-0.2, 0) is 16.1 Å². The van der Waals surface area contributed by atoms with Gasteiger partial charge in [-0.15, -0.1) is 11.3 Å². The van der Waals surface area contributed by atoms with Crippen LogP contribution in [0.1, 0.15) is 10.4 Å². The Morgan fingerprint density at radius 2 is 1.76 bits per heavy atom. The molecule has 1 saturated heterocycles. The lowest BCUT2D eigenvalue weighted by atomic mass is 10.1. The van der Waals surface area contributed by atoms with Gasteiger partial charge in [-0.1, -0.05) is 41.9 Å². The first-order valence-electron chi connectivity index (χ1n) is 10.5. The minimum atomic E-state index is -0.469. The van der Waals surface area contributed by atoms with Gasteiger partial charge in [-0.25, -0.2) is 9.97 Å². The van der Waals surface area contributed by atoms with E-state index in [1.165, 1.54) is 11.3 Å². The number of hydrogen-bond acceptors (Lipinski definition) is 6. The molecule has 0 saturated carbocycles. The molecule has 3 aromatic rings. The van der Waals surface area contributed by atoms with E-state index >= 15 is 0 Å². The van der Waals surface area contributed by atoms with Crippen molar-refractivity contribution in [1.82, 2.24) is 19.8 Å². The Balaban J connectivity index is 1.35. The van der Waals surface area contributed by atoms with Crippen LogP contribution in [0.15, 0.2) is 54.7 Å². The topological polar surface area (TPSA) is 69.6 Å². The molecule has 0 bridgehead atoms. The molecular formula is C24H24ClN5O2S. The highest BCUT2D eigenvalue weighted by Crippen LogP contribution is 2.23. The Morgan fingerprint density at radius 1 is 1.03 bits per heavy atom. The molecule has 7 nitrogen and oxygen atoms in total. The van der Waals surface area contributed by atoms with Crippen LogP contribution in [-0.4, -0.2) is 65.3 Å². The van der Waals surface area contributed by atoms with Gasteiger partial charge in [0.2, 0.25) is 5.95 Å². The van der Waals surface area contributed by atoms with Crippen LogP contribution >= 0.6 is 22.9 Å². The molecule has 9 heteroatoms. The van der Waals surface area contributed by atoms with Crippen LogP contribution < -0.4 is 4.90 Å². The van der Waals surface area contributed by atoms with Gasteiger partial charge >= 0.3 is 11.8 Å². The van der Waals surface area contributed by atoms with Crippen molar-refractivity contribution in [1.29, 1.82) is 0 Å². The molecule has 0 unspecified atom stereocenters. The summed E-state index contributed by atoms with van der Waals surface area (Å²) in [6.07, 6.45) is 5.54. The van der Waals surface area contributed by atoms with Gasteiger partial charge in [0.15, 0.2) is 0 Å². The maximum atomic E-state index is 12.6. The van der Waals surface area contributed by atoms with Crippen LogP contribution in [0.25, 0.3) is 17.3 Å². The zero-order valence-electron chi connectivity index (χ0n) is 18.4. The summed E-state index contributed by atoms with van der Waals surface area (Å²) >= 11 is 7.40.